The normalized spacial score (nSPS) is 20.5. The molecule has 0 spiro atoms. The molecule has 1 N–H and O–H groups in total. The lowest BCUT2D eigenvalue weighted by Crippen LogP contribution is -2.52. The predicted molar refractivity (Wildman–Crippen MR) is 114 cm³/mol. The molecule has 1 amide bonds. The number of nitrogens with one attached hydrogen (secondary N) is 1. The molecule has 2 aromatic rings. The van der Waals surface area contributed by atoms with Gasteiger partial charge in [-0.2, -0.15) is 0 Å². The fourth-order valence-corrected chi connectivity index (χ4v) is 5.07. The second-order valence-corrected chi connectivity index (χ2v) is 8.67. The second kappa shape index (κ2) is 9.04. The first-order chi connectivity index (χ1) is 14.6. The SMILES string of the molecule is O=C(NCC1(c2cccc(F)c2)CCOCC1)C1(c2ccccc2Cl)CCOCC1. The molecule has 0 bridgehead atoms. The highest BCUT2D eigenvalue weighted by Crippen LogP contribution is 2.40. The molecular formula is C24H27ClFNO3. The van der Waals surface area contributed by atoms with Crippen LogP contribution in [0.25, 0.3) is 0 Å². The minimum Gasteiger partial charge on any atom is -0.381 e. The molecule has 0 aliphatic carbocycles. The van der Waals surface area contributed by atoms with Crippen molar-refractivity contribution in [1.82, 2.24) is 5.32 Å². The van der Waals surface area contributed by atoms with Gasteiger partial charge in [-0.3, -0.25) is 4.79 Å². The van der Waals surface area contributed by atoms with Crippen LogP contribution in [0.3, 0.4) is 0 Å². The highest BCUT2D eigenvalue weighted by Gasteiger charge is 2.44. The Bertz CT molecular complexity index is 892. The van der Waals surface area contributed by atoms with E-state index in [0.717, 1.165) is 24.0 Å². The number of ether oxygens (including phenoxy) is 2. The monoisotopic (exact) mass is 431 g/mol. The van der Waals surface area contributed by atoms with E-state index in [0.29, 0.717) is 50.8 Å². The van der Waals surface area contributed by atoms with Crippen LogP contribution in [0, 0.1) is 5.82 Å². The average Bonchev–Trinajstić information content (AvgIpc) is 2.79. The number of halogens is 2. The Hall–Kier alpha value is -1.95. The maximum absolute atomic E-state index is 14.0. The van der Waals surface area contributed by atoms with E-state index in [1.807, 2.05) is 30.3 Å². The van der Waals surface area contributed by atoms with E-state index in [-0.39, 0.29) is 17.1 Å². The molecular weight excluding hydrogens is 405 g/mol. The van der Waals surface area contributed by atoms with Gasteiger partial charge in [0, 0.05) is 43.4 Å². The maximum Gasteiger partial charge on any atom is 0.230 e. The van der Waals surface area contributed by atoms with Gasteiger partial charge >= 0.3 is 0 Å². The van der Waals surface area contributed by atoms with Crippen LogP contribution >= 0.6 is 11.6 Å². The summed E-state index contributed by atoms with van der Waals surface area (Å²) in [5.41, 5.74) is 0.692. The largest absolute Gasteiger partial charge is 0.381 e. The van der Waals surface area contributed by atoms with Crippen LogP contribution in [0.15, 0.2) is 48.5 Å². The van der Waals surface area contributed by atoms with Crippen LogP contribution in [0.4, 0.5) is 4.39 Å². The van der Waals surface area contributed by atoms with Gasteiger partial charge in [0.2, 0.25) is 5.91 Å². The lowest BCUT2D eigenvalue weighted by Gasteiger charge is -2.41. The van der Waals surface area contributed by atoms with Gasteiger partial charge in [-0.1, -0.05) is 41.9 Å². The molecule has 4 rings (SSSR count). The van der Waals surface area contributed by atoms with Crippen molar-refractivity contribution in [1.29, 1.82) is 0 Å². The van der Waals surface area contributed by atoms with Gasteiger partial charge in [0.1, 0.15) is 5.82 Å². The topological polar surface area (TPSA) is 47.6 Å². The fourth-order valence-electron chi connectivity index (χ4n) is 4.75. The molecule has 4 nitrogen and oxygen atoms in total. The zero-order valence-electron chi connectivity index (χ0n) is 17.0. The molecule has 0 atom stereocenters. The molecule has 6 heteroatoms. The summed E-state index contributed by atoms with van der Waals surface area (Å²) in [5.74, 6) is -0.303. The smallest absolute Gasteiger partial charge is 0.230 e. The Morgan fingerprint density at radius 2 is 1.63 bits per heavy atom. The number of carbonyl (C=O) groups excluding carboxylic acids is 1. The van der Waals surface area contributed by atoms with Crippen molar-refractivity contribution in [2.75, 3.05) is 33.0 Å². The van der Waals surface area contributed by atoms with Crippen LogP contribution in [0.1, 0.15) is 36.8 Å². The van der Waals surface area contributed by atoms with Crippen LogP contribution in [0.5, 0.6) is 0 Å². The summed E-state index contributed by atoms with van der Waals surface area (Å²) in [4.78, 5) is 13.6. The van der Waals surface area contributed by atoms with E-state index in [1.54, 1.807) is 12.1 Å². The molecule has 0 aromatic heterocycles. The Kier molecular flexibility index (Phi) is 6.42. The van der Waals surface area contributed by atoms with Gasteiger partial charge in [-0.15, -0.1) is 0 Å². The third-order valence-corrected chi connectivity index (χ3v) is 6.97. The molecule has 30 heavy (non-hydrogen) atoms. The van der Waals surface area contributed by atoms with Gasteiger partial charge in [-0.25, -0.2) is 4.39 Å². The summed E-state index contributed by atoms with van der Waals surface area (Å²) in [6.07, 6.45) is 2.63. The molecule has 0 unspecified atom stereocenters. The van der Waals surface area contributed by atoms with Crippen LogP contribution in [-0.4, -0.2) is 38.9 Å². The predicted octanol–water partition coefficient (Wildman–Crippen LogP) is 4.39. The highest BCUT2D eigenvalue weighted by atomic mass is 35.5. The number of carbonyl (C=O) groups is 1. The lowest BCUT2D eigenvalue weighted by atomic mass is 9.71. The van der Waals surface area contributed by atoms with Crippen molar-refractivity contribution < 1.29 is 18.7 Å². The summed E-state index contributed by atoms with van der Waals surface area (Å²) in [7, 11) is 0. The third-order valence-electron chi connectivity index (χ3n) is 6.64. The summed E-state index contributed by atoms with van der Waals surface area (Å²) < 4.78 is 25.1. The molecule has 2 heterocycles. The van der Waals surface area contributed by atoms with E-state index in [4.69, 9.17) is 21.1 Å². The fraction of sp³-hybridized carbons (Fsp3) is 0.458. The Morgan fingerprint density at radius 3 is 2.30 bits per heavy atom. The molecule has 0 saturated carbocycles. The second-order valence-electron chi connectivity index (χ2n) is 8.26. The Balaban J connectivity index is 1.61. The van der Waals surface area contributed by atoms with Crippen molar-refractivity contribution in [3.8, 4) is 0 Å². The zero-order chi connectivity index (χ0) is 21.0. The molecule has 160 valence electrons. The molecule has 0 radical (unpaired) electrons. The van der Waals surface area contributed by atoms with Crippen LogP contribution < -0.4 is 5.32 Å². The first-order valence-corrected chi connectivity index (χ1v) is 10.9. The van der Waals surface area contributed by atoms with Crippen molar-refractivity contribution in [3.63, 3.8) is 0 Å². The van der Waals surface area contributed by atoms with Gasteiger partial charge in [0.05, 0.1) is 5.41 Å². The van der Waals surface area contributed by atoms with Crippen LogP contribution in [-0.2, 0) is 25.1 Å². The van der Waals surface area contributed by atoms with Gasteiger partial charge in [0.15, 0.2) is 0 Å². The van der Waals surface area contributed by atoms with Crippen LogP contribution in [0.2, 0.25) is 5.02 Å². The van der Waals surface area contributed by atoms with Crippen molar-refractivity contribution >= 4 is 17.5 Å². The summed E-state index contributed by atoms with van der Waals surface area (Å²) in [6, 6.07) is 14.2. The summed E-state index contributed by atoms with van der Waals surface area (Å²) in [5, 5.41) is 3.81. The number of hydrogen-bond acceptors (Lipinski definition) is 3. The van der Waals surface area contributed by atoms with E-state index < -0.39 is 5.41 Å². The number of benzene rings is 2. The quantitative estimate of drug-likeness (QED) is 0.763. The first-order valence-electron chi connectivity index (χ1n) is 10.5. The Morgan fingerprint density at radius 1 is 0.967 bits per heavy atom. The standard InChI is InChI=1S/C24H27ClFNO3/c25-21-7-2-1-6-20(21)24(10-14-30-15-11-24)22(28)27-17-23(8-12-29-13-9-23)18-4-3-5-19(26)16-18/h1-7,16H,8-15,17H2,(H,27,28). The zero-order valence-corrected chi connectivity index (χ0v) is 17.7. The minimum absolute atomic E-state index is 0.0406. The van der Waals surface area contributed by atoms with Crippen molar-refractivity contribution in [2.45, 2.75) is 36.5 Å². The maximum atomic E-state index is 14.0. The number of rotatable bonds is 5. The molecule has 2 aliphatic heterocycles. The first kappa shape index (κ1) is 21.3. The summed E-state index contributed by atoms with van der Waals surface area (Å²) in [6.45, 7) is 2.65. The molecule has 2 saturated heterocycles. The highest BCUT2D eigenvalue weighted by molar-refractivity contribution is 6.31. The van der Waals surface area contributed by atoms with E-state index >= 15 is 0 Å². The molecule has 2 aromatic carbocycles. The van der Waals surface area contributed by atoms with Gasteiger partial charge < -0.3 is 14.8 Å². The van der Waals surface area contributed by atoms with Crippen molar-refractivity contribution in [2.24, 2.45) is 0 Å². The molecule has 2 fully saturated rings. The van der Waals surface area contributed by atoms with E-state index in [1.165, 1.54) is 6.07 Å². The van der Waals surface area contributed by atoms with E-state index in [9.17, 15) is 9.18 Å². The Labute approximate surface area is 181 Å². The summed E-state index contributed by atoms with van der Waals surface area (Å²) >= 11 is 6.50. The minimum atomic E-state index is -0.717. The number of hydrogen-bond donors (Lipinski definition) is 1. The van der Waals surface area contributed by atoms with E-state index in [2.05, 4.69) is 5.32 Å². The van der Waals surface area contributed by atoms with Crippen molar-refractivity contribution in [3.05, 3.63) is 70.5 Å². The third kappa shape index (κ3) is 4.11. The lowest BCUT2D eigenvalue weighted by molar-refractivity contribution is -0.131. The average molecular weight is 432 g/mol. The molecule has 2 aliphatic rings. The van der Waals surface area contributed by atoms with Gasteiger partial charge in [0.25, 0.3) is 0 Å². The van der Waals surface area contributed by atoms with Gasteiger partial charge in [-0.05, 0) is 55.0 Å². The number of amides is 1.